The maximum atomic E-state index is 12.8. The Morgan fingerprint density at radius 2 is 1.96 bits per heavy atom. The first kappa shape index (κ1) is 17.1. The summed E-state index contributed by atoms with van der Waals surface area (Å²) in [4.78, 5) is 14.8. The van der Waals surface area contributed by atoms with E-state index in [1.54, 1.807) is 0 Å². The van der Waals surface area contributed by atoms with Gasteiger partial charge >= 0.3 is 6.03 Å². The van der Waals surface area contributed by atoms with E-state index in [-0.39, 0.29) is 6.03 Å². The number of benzene rings is 1. The molecule has 24 heavy (non-hydrogen) atoms. The van der Waals surface area contributed by atoms with Crippen LogP contribution in [0.1, 0.15) is 39.2 Å². The Labute approximate surface area is 146 Å². The van der Waals surface area contributed by atoms with E-state index in [0.29, 0.717) is 17.8 Å². The molecule has 130 valence electrons. The van der Waals surface area contributed by atoms with Crippen molar-refractivity contribution in [2.24, 2.45) is 23.7 Å². The lowest BCUT2D eigenvalue weighted by Crippen LogP contribution is -2.41. The Bertz CT molecular complexity index is 590. The number of urea groups is 1. The quantitative estimate of drug-likeness (QED) is 0.737. The molecular weight excluding hydrogens is 296 g/mol. The van der Waals surface area contributed by atoms with E-state index in [4.69, 9.17) is 0 Å². The van der Waals surface area contributed by atoms with E-state index in [1.165, 1.54) is 18.4 Å². The highest BCUT2D eigenvalue weighted by atomic mass is 16.2. The fourth-order valence-electron chi connectivity index (χ4n) is 4.10. The Kier molecular flexibility index (Phi) is 5.27. The average Bonchev–Trinajstić information content (AvgIpc) is 3.17. The number of nitrogens with zero attached hydrogens (tertiary/aromatic N) is 1. The highest BCUT2D eigenvalue weighted by Crippen LogP contribution is 2.43. The minimum atomic E-state index is 0.0414. The molecule has 1 aromatic carbocycles. The number of nitrogens with one attached hydrogen (secondary N) is 1. The van der Waals surface area contributed by atoms with Gasteiger partial charge in [-0.2, -0.15) is 0 Å². The van der Waals surface area contributed by atoms with Crippen LogP contribution in [0, 0.1) is 23.7 Å². The lowest BCUT2D eigenvalue weighted by atomic mass is 9.93. The zero-order valence-corrected chi connectivity index (χ0v) is 15.2. The number of hydrogen-bond acceptors (Lipinski definition) is 1. The molecule has 3 unspecified atom stereocenters. The Morgan fingerprint density at radius 1 is 1.21 bits per heavy atom. The molecule has 3 nitrogen and oxygen atoms in total. The number of amides is 2. The number of carbonyl (C=O) groups is 1. The van der Waals surface area contributed by atoms with Crippen molar-refractivity contribution in [1.82, 2.24) is 4.90 Å². The number of anilines is 1. The third-order valence-electron chi connectivity index (χ3n) is 5.36. The van der Waals surface area contributed by atoms with Gasteiger partial charge in [-0.05, 0) is 60.6 Å². The third kappa shape index (κ3) is 4.00. The van der Waals surface area contributed by atoms with Crippen molar-refractivity contribution in [1.29, 1.82) is 0 Å². The molecule has 2 bridgehead atoms. The van der Waals surface area contributed by atoms with Gasteiger partial charge in [-0.3, -0.25) is 0 Å². The average molecular weight is 326 g/mol. The predicted octanol–water partition coefficient (Wildman–Crippen LogP) is 4.95. The number of allylic oxidation sites excluding steroid dienone is 2. The molecule has 3 rings (SSSR count). The summed E-state index contributed by atoms with van der Waals surface area (Å²) in [6.45, 7) is 8.19. The number of hydrogen-bond donors (Lipinski definition) is 1. The molecule has 0 aliphatic heterocycles. The molecule has 3 atom stereocenters. The van der Waals surface area contributed by atoms with Crippen LogP contribution in [0.4, 0.5) is 10.5 Å². The van der Waals surface area contributed by atoms with Gasteiger partial charge in [0.05, 0.1) is 0 Å². The van der Waals surface area contributed by atoms with Crippen molar-refractivity contribution in [3.05, 3.63) is 42.0 Å². The molecule has 2 amide bonds. The first-order valence-electron chi connectivity index (χ1n) is 9.38. The topological polar surface area (TPSA) is 32.3 Å². The third-order valence-corrected chi connectivity index (χ3v) is 5.36. The minimum absolute atomic E-state index is 0.0414. The van der Waals surface area contributed by atoms with E-state index in [0.717, 1.165) is 31.1 Å². The Balaban J connectivity index is 1.63. The molecule has 1 saturated carbocycles. The fourth-order valence-corrected chi connectivity index (χ4v) is 4.10. The molecule has 0 saturated heterocycles. The van der Waals surface area contributed by atoms with Crippen LogP contribution in [0.5, 0.6) is 0 Å². The lowest BCUT2D eigenvalue weighted by Gasteiger charge is -2.30. The summed E-state index contributed by atoms with van der Waals surface area (Å²) in [7, 11) is 0. The molecule has 2 aliphatic rings. The van der Waals surface area contributed by atoms with Gasteiger partial charge in [0.15, 0.2) is 0 Å². The molecule has 1 aromatic rings. The largest absolute Gasteiger partial charge is 0.324 e. The van der Waals surface area contributed by atoms with Crippen molar-refractivity contribution in [2.45, 2.75) is 40.0 Å². The smallest absolute Gasteiger partial charge is 0.321 e. The van der Waals surface area contributed by atoms with Crippen molar-refractivity contribution >= 4 is 11.7 Å². The zero-order chi connectivity index (χ0) is 17.1. The Hall–Kier alpha value is -1.77. The number of fused-ring (bicyclic) bond motifs is 2. The van der Waals surface area contributed by atoms with Gasteiger partial charge in [-0.15, -0.1) is 0 Å². The van der Waals surface area contributed by atoms with Crippen LogP contribution < -0.4 is 5.32 Å². The van der Waals surface area contributed by atoms with Crippen LogP contribution in [0.2, 0.25) is 0 Å². The summed E-state index contributed by atoms with van der Waals surface area (Å²) in [5, 5.41) is 3.09. The first-order chi connectivity index (χ1) is 11.5. The minimum Gasteiger partial charge on any atom is -0.324 e. The van der Waals surface area contributed by atoms with Gasteiger partial charge in [0.2, 0.25) is 0 Å². The summed E-state index contributed by atoms with van der Waals surface area (Å²) in [5.41, 5.74) is 2.18. The van der Waals surface area contributed by atoms with E-state index in [1.807, 2.05) is 17.0 Å². The maximum Gasteiger partial charge on any atom is 0.321 e. The molecule has 1 fully saturated rings. The van der Waals surface area contributed by atoms with Crippen LogP contribution in [0.3, 0.4) is 0 Å². The standard InChI is InChI=1S/C21H30N2O/c1-4-16-6-9-20(10-7-16)22-21(24)23(13-15(2)3)14-19-12-17-5-8-18(19)11-17/h5-10,15,17-19H,4,11-14H2,1-3H3,(H,22,24). The summed E-state index contributed by atoms with van der Waals surface area (Å²) in [5.74, 6) is 2.55. The number of rotatable bonds is 6. The maximum absolute atomic E-state index is 12.8. The van der Waals surface area contributed by atoms with Crippen LogP contribution >= 0.6 is 0 Å². The van der Waals surface area contributed by atoms with Gasteiger partial charge in [-0.25, -0.2) is 4.79 Å². The van der Waals surface area contributed by atoms with Crippen molar-refractivity contribution < 1.29 is 4.79 Å². The summed E-state index contributed by atoms with van der Waals surface area (Å²) in [6, 6.07) is 8.22. The second kappa shape index (κ2) is 7.42. The van der Waals surface area contributed by atoms with Gasteiger partial charge in [0, 0.05) is 18.8 Å². The second-order valence-electron chi connectivity index (χ2n) is 7.82. The molecular formula is C21H30N2O. The van der Waals surface area contributed by atoms with E-state index in [9.17, 15) is 4.79 Å². The molecule has 0 spiro atoms. The van der Waals surface area contributed by atoms with Crippen LogP contribution in [0.25, 0.3) is 0 Å². The lowest BCUT2D eigenvalue weighted by molar-refractivity contribution is 0.187. The first-order valence-corrected chi connectivity index (χ1v) is 9.38. The van der Waals surface area contributed by atoms with E-state index in [2.05, 4.69) is 50.4 Å². The van der Waals surface area contributed by atoms with E-state index >= 15 is 0 Å². The molecule has 1 N–H and O–H groups in total. The van der Waals surface area contributed by atoms with Gasteiger partial charge < -0.3 is 10.2 Å². The van der Waals surface area contributed by atoms with E-state index < -0.39 is 0 Å². The molecule has 0 radical (unpaired) electrons. The fraction of sp³-hybridized carbons (Fsp3) is 0.571. The van der Waals surface area contributed by atoms with Crippen LogP contribution in [0.15, 0.2) is 36.4 Å². The van der Waals surface area contributed by atoms with Crippen molar-refractivity contribution in [2.75, 3.05) is 18.4 Å². The van der Waals surface area contributed by atoms with Crippen molar-refractivity contribution in [3.63, 3.8) is 0 Å². The van der Waals surface area contributed by atoms with Gasteiger partial charge in [0.25, 0.3) is 0 Å². The zero-order valence-electron chi connectivity index (χ0n) is 15.2. The summed E-state index contributed by atoms with van der Waals surface area (Å²) in [6.07, 6.45) is 8.29. The van der Waals surface area contributed by atoms with Gasteiger partial charge in [0.1, 0.15) is 0 Å². The summed E-state index contributed by atoms with van der Waals surface area (Å²) < 4.78 is 0. The van der Waals surface area contributed by atoms with Crippen LogP contribution in [-0.2, 0) is 6.42 Å². The predicted molar refractivity (Wildman–Crippen MR) is 100 cm³/mol. The normalized spacial score (nSPS) is 24.6. The van der Waals surface area contributed by atoms with Gasteiger partial charge in [-0.1, -0.05) is 45.1 Å². The molecule has 2 aliphatic carbocycles. The van der Waals surface area contributed by atoms with Crippen molar-refractivity contribution in [3.8, 4) is 0 Å². The molecule has 0 heterocycles. The molecule has 3 heteroatoms. The highest BCUT2D eigenvalue weighted by Gasteiger charge is 2.37. The Morgan fingerprint density at radius 3 is 2.50 bits per heavy atom. The SMILES string of the molecule is CCc1ccc(NC(=O)N(CC(C)C)CC2CC3C=CC2C3)cc1. The molecule has 0 aromatic heterocycles. The summed E-state index contributed by atoms with van der Waals surface area (Å²) >= 11 is 0. The number of carbonyl (C=O) groups excluding carboxylic acids is 1. The second-order valence-corrected chi connectivity index (χ2v) is 7.82. The monoisotopic (exact) mass is 326 g/mol. The number of aryl methyl sites for hydroxylation is 1. The van der Waals surface area contributed by atoms with Crippen LogP contribution in [-0.4, -0.2) is 24.0 Å². The highest BCUT2D eigenvalue weighted by molar-refractivity contribution is 5.89.